The van der Waals surface area contributed by atoms with Gasteiger partial charge >= 0.3 is 58.2 Å². The van der Waals surface area contributed by atoms with Gasteiger partial charge in [-0.1, -0.05) is 11.6 Å². The standard InChI is InChI=1S/C20H25N6O3.Rb/c21-18(27)17(8-4-11-25-20(22)23)26-19(28)14-5-3-7-16(13-14)29-12-9-15-6-1-2-10-24-15;/h1-3,5-6,10,13,17H,4,8-9,11-12H2,(H2,21,27)(H,26,28)(H4,22,23,25);/q-1;+1/t17-;/m0./s1. The zero-order chi connectivity index (χ0) is 21.1. The summed E-state index contributed by atoms with van der Waals surface area (Å²) >= 11 is 0. The molecule has 0 aliphatic carbocycles. The molecule has 30 heavy (non-hydrogen) atoms. The van der Waals surface area contributed by atoms with Crippen molar-refractivity contribution in [3.05, 3.63) is 59.9 Å². The molecule has 1 aromatic carbocycles. The fourth-order valence-electron chi connectivity index (χ4n) is 2.51. The number of hydrogen-bond acceptors (Lipinski definition) is 5. The summed E-state index contributed by atoms with van der Waals surface area (Å²) in [6.45, 7) is 0.740. The normalized spacial score (nSPS) is 10.9. The Morgan fingerprint density at radius 1 is 1.23 bits per heavy atom. The van der Waals surface area contributed by atoms with E-state index in [0.29, 0.717) is 43.7 Å². The number of rotatable bonds is 11. The van der Waals surface area contributed by atoms with Gasteiger partial charge in [-0.05, 0) is 25.0 Å². The predicted octanol–water partition coefficient (Wildman–Crippen LogP) is -2.86. The number of ether oxygens (including phenoxy) is 1. The summed E-state index contributed by atoms with van der Waals surface area (Å²) in [5, 5.41) is 2.63. The Morgan fingerprint density at radius 3 is 2.70 bits per heavy atom. The first-order valence-electron chi connectivity index (χ1n) is 9.15. The van der Waals surface area contributed by atoms with Crippen LogP contribution in [0.25, 0.3) is 0 Å². The minimum absolute atomic E-state index is 0. The Balaban J connectivity index is 0.00000450. The molecule has 2 rings (SSSR count). The maximum absolute atomic E-state index is 12.5. The second kappa shape index (κ2) is 14.2. The smallest absolute Gasteiger partial charge is 0.519 e. The van der Waals surface area contributed by atoms with Crippen molar-refractivity contribution in [2.45, 2.75) is 25.3 Å². The van der Waals surface area contributed by atoms with Crippen LogP contribution in [-0.4, -0.2) is 42.0 Å². The minimum atomic E-state index is -0.825. The Morgan fingerprint density at radius 2 is 2.03 bits per heavy atom. The third kappa shape index (κ3) is 9.79. The van der Waals surface area contributed by atoms with Gasteiger partial charge in [-0.15, -0.1) is 12.1 Å². The van der Waals surface area contributed by atoms with Gasteiger partial charge in [-0.2, -0.15) is 12.1 Å². The van der Waals surface area contributed by atoms with E-state index in [1.165, 1.54) is 0 Å². The molecule has 0 saturated heterocycles. The molecule has 0 aliphatic heterocycles. The van der Waals surface area contributed by atoms with Crippen molar-refractivity contribution >= 4 is 17.8 Å². The van der Waals surface area contributed by atoms with E-state index in [-0.39, 0.29) is 64.1 Å². The van der Waals surface area contributed by atoms with Gasteiger partial charge in [0.2, 0.25) is 11.8 Å². The quantitative estimate of drug-likeness (QED) is 0.117. The number of amides is 2. The molecule has 0 saturated carbocycles. The zero-order valence-electron chi connectivity index (χ0n) is 17.0. The molecular weight excluding hydrogens is 458 g/mol. The van der Waals surface area contributed by atoms with E-state index >= 15 is 0 Å². The van der Waals surface area contributed by atoms with Crippen LogP contribution in [-0.2, 0) is 11.2 Å². The molecule has 1 heterocycles. The number of benzene rings is 1. The number of guanidine groups is 1. The van der Waals surface area contributed by atoms with Crippen LogP contribution in [0.1, 0.15) is 28.9 Å². The van der Waals surface area contributed by atoms with Gasteiger partial charge in [0, 0.05) is 30.6 Å². The van der Waals surface area contributed by atoms with E-state index in [4.69, 9.17) is 21.9 Å². The first-order chi connectivity index (χ1) is 14.0. The number of nitrogens with one attached hydrogen (secondary N) is 1. The van der Waals surface area contributed by atoms with Crippen molar-refractivity contribution in [1.29, 1.82) is 0 Å². The van der Waals surface area contributed by atoms with E-state index in [9.17, 15) is 9.59 Å². The SMILES string of the molecule is NC(=O)[C@H](CCCN=C(N)N)NC(=O)c1cc[c-]c(OCCc2ccccn2)c1.[Rb+]. The molecule has 9 nitrogen and oxygen atoms in total. The molecule has 0 radical (unpaired) electrons. The van der Waals surface area contributed by atoms with Crippen molar-refractivity contribution in [2.75, 3.05) is 13.2 Å². The van der Waals surface area contributed by atoms with Crippen LogP contribution in [0.3, 0.4) is 0 Å². The van der Waals surface area contributed by atoms with Crippen LogP contribution >= 0.6 is 0 Å². The fourth-order valence-corrected chi connectivity index (χ4v) is 2.51. The molecule has 2 amide bonds. The van der Waals surface area contributed by atoms with Gasteiger partial charge in [-0.25, -0.2) is 0 Å². The number of nitrogens with two attached hydrogens (primary N) is 3. The monoisotopic (exact) mass is 482 g/mol. The maximum atomic E-state index is 12.5. The fraction of sp³-hybridized carbons (Fsp3) is 0.300. The number of hydrogen-bond donors (Lipinski definition) is 4. The number of aromatic nitrogens is 1. The van der Waals surface area contributed by atoms with E-state index < -0.39 is 17.9 Å². The van der Waals surface area contributed by atoms with Crippen LogP contribution in [0.15, 0.2) is 47.6 Å². The number of nitrogens with zero attached hydrogens (tertiary/aromatic N) is 2. The van der Waals surface area contributed by atoms with Crippen LogP contribution in [0, 0.1) is 6.07 Å². The molecule has 0 bridgehead atoms. The van der Waals surface area contributed by atoms with Crippen LogP contribution in [0.4, 0.5) is 0 Å². The van der Waals surface area contributed by atoms with E-state index in [1.807, 2.05) is 18.2 Å². The van der Waals surface area contributed by atoms with E-state index in [0.717, 1.165) is 5.69 Å². The number of aliphatic imine (C=N–C) groups is 1. The minimum Gasteiger partial charge on any atom is -0.519 e. The second-order valence-electron chi connectivity index (χ2n) is 6.24. The molecular formula is C20H25N6O3Rb. The van der Waals surface area contributed by atoms with Crippen molar-refractivity contribution < 1.29 is 72.5 Å². The first kappa shape index (κ1) is 26.2. The van der Waals surface area contributed by atoms with Crippen molar-refractivity contribution in [3.8, 4) is 5.75 Å². The largest absolute Gasteiger partial charge is 1.00 e. The summed E-state index contributed by atoms with van der Waals surface area (Å²) < 4.78 is 5.65. The number of pyridine rings is 1. The third-order valence-corrected chi connectivity index (χ3v) is 3.97. The summed E-state index contributed by atoms with van der Waals surface area (Å²) in [7, 11) is 0. The summed E-state index contributed by atoms with van der Waals surface area (Å²) in [5.74, 6) is -0.658. The van der Waals surface area contributed by atoms with Gasteiger partial charge in [0.15, 0.2) is 5.96 Å². The molecule has 2 aromatic rings. The van der Waals surface area contributed by atoms with Gasteiger partial charge in [0.05, 0.1) is 6.61 Å². The Kier molecular flexibility index (Phi) is 12.4. The van der Waals surface area contributed by atoms with Crippen LogP contribution in [0.2, 0.25) is 0 Å². The molecule has 0 unspecified atom stereocenters. The number of carbonyl (C=O) groups excluding carboxylic acids is 2. The Labute approximate surface area is 224 Å². The molecule has 1 atom stereocenters. The van der Waals surface area contributed by atoms with Crippen LogP contribution < -0.4 is 85.4 Å². The Bertz CT molecular complexity index is 843. The molecule has 10 heteroatoms. The Hall–Kier alpha value is -1.81. The van der Waals surface area contributed by atoms with Crippen molar-refractivity contribution in [2.24, 2.45) is 22.2 Å². The van der Waals surface area contributed by atoms with Crippen molar-refractivity contribution in [3.63, 3.8) is 0 Å². The zero-order valence-corrected chi connectivity index (χ0v) is 21.9. The maximum Gasteiger partial charge on any atom is 1.00 e. The predicted molar refractivity (Wildman–Crippen MR) is 109 cm³/mol. The molecule has 154 valence electrons. The van der Waals surface area contributed by atoms with E-state index in [1.54, 1.807) is 24.4 Å². The van der Waals surface area contributed by atoms with Gasteiger partial charge in [-0.3, -0.25) is 19.6 Å². The second-order valence-corrected chi connectivity index (χ2v) is 6.24. The summed E-state index contributed by atoms with van der Waals surface area (Å²) in [6.07, 6.45) is 3.17. The van der Waals surface area contributed by atoms with Gasteiger partial charge in [0.25, 0.3) is 0 Å². The summed E-state index contributed by atoms with van der Waals surface area (Å²) in [5.41, 5.74) is 17.1. The first-order valence-corrected chi connectivity index (χ1v) is 9.15. The third-order valence-electron chi connectivity index (χ3n) is 3.97. The summed E-state index contributed by atoms with van der Waals surface area (Å²) in [6, 6.07) is 12.5. The molecule has 7 N–H and O–H groups in total. The average molecular weight is 483 g/mol. The topological polar surface area (TPSA) is 159 Å². The van der Waals surface area contributed by atoms with Gasteiger partial charge < -0.3 is 27.3 Å². The summed E-state index contributed by atoms with van der Waals surface area (Å²) in [4.78, 5) is 32.2. The van der Waals surface area contributed by atoms with E-state index in [2.05, 4.69) is 21.4 Å². The van der Waals surface area contributed by atoms with Gasteiger partial charge in [0.1, 0.15) is 6.04 Å². The molecule has 0 fully saturated rings. The molecule has 1 aromatic heterocycles. The van der Waals surface area contributed by atoms with Crippen molar-refractivity contribution in [1.82, 2.24) is 10.3 Å². The van der Waals surface area contributed by atoms with Crippen LogP contribution in [0.5, 0.6) is 5.75 Å². The molecule has 0 aliphatic rings. The number of carbonyl (C=O) groups is 2. The molecule has 0 spiro atoms. The average Bonchev–Trinajstić information content (AvgIpc) is 2.71. The number of primary amides is 1.